The van der Waals surface area contributed by atoms with Crippen molar-refractivity contribution in [3.05, 3.63) is 60.7 Å². The topological polar surface area (TPSA) is 40.6 Å². The first-order valence-corrected chi connectivity index (χ1v) is 9.89. The van der Waals surface area contributed by atoms with Crippen LogP contribution in [-0.2, 0) is 33.4 Å². The van der Waals surface area contributed by atoms with Gasteiger partial charge in [-0.25, -0.2) is 0 Å². The Morgan fingerprint density at radius 1 is 0.720 bits per heavy atom. The number of hydrogen-bond donors (Lipinski definition) is 0. The average Bonchev–Trinajstić information content (AvgIpc) is 2.63. The normalized spacial score (nSPS) is 9.04. The molecular formula is C18H20Cl2N2O2Zr. The first-order valence-electron chi connectivity index (χ1n) is 7.69. The summed E-state index contributed by atoms with van der Waals surface area (Å²) in [6.45, 7) is 3.71. The van der Waals surface area contributed by atoms with Crippen LogP contribution in [0.25, 0.3) is 0 Å². The molecule has 0 aliphatic carbocycles. The molecule has 0 N–H and O–H groups in total. The molecule has 0 fully saturated rings. The molecule has 0 aliphatic heterocycles. The number of carbonyl (C=O) groups is 2. The van der Waals surface area contributed by atoms with Gasteiger partial charge in [0.05, 0.1) is 0 Å². The number of anilines is 2. The van der Waals surface area contributed by atoms with Gasteiger partial charge in [0.25, 0.3) is 0 Å². The second-order valence-electron chi connectivity index (χ2n) is 4.94. The van der Waals surface area contributed by atoms with Crippen LogP contribution in [0.5, 0.6) is 0 Å². The van der Waals surface area contributed by atoms with E-state index in [1.165, 1.54) is 0 Å². The Morgan fingerprint density at radius 2 is 1.04 bits per heavy atom. The van der Waals surface area contributed by atoms with Crippen molar-refractivity contribution in [1.29, 1.82) is 0 Å². The van der Waals surface area contributed by atoms with Crippen molar-refractivity contribution in [2.75, 3.05) is 5.69 Å². The van der Waals surface area contributed by atoms with Crippen molar-refractivity contribution in [1.82, 2.24) is 0 Å². The molecule has 2 aromatic rings. The first-order chi connectivity index (χ1) is 11.2. The van der Waals surface area contributed by atoms with Gasteiger partial charge in [-0.1, -0.05) is 0 Å². The van der Waals surface area contributed by atoms with Crippen molar-refractivity contribution >= 4 is 23.2 Å². The van der Waals surface area contributed by atoms with E-state index in [0.717, 1.165) is 11.4 Å². The number of rotatable bonds is 6. The number of para-hydroxylation sites is 2. The van der Waals surface area contributed by atoms with E-state index in [0.29, 0.717) is 12.8 Å². The molecule has 0 unspecified atom stereocenters. The Morgan fingerprint density at radius 3 is 1.32 bits per heavy atom. The molecule has 0 saturated carbocycles. The molecule has 25 heavy (non-hydrogen) atoms. The van der Waals surface area contributed by atoms with E-state index >= 15 is 0 Å². The number of amides is 2. The molecule has 0 atom stereocenters. The Balaban J connectivity index is 0.00000288. The zero-order valence-electron chi connectivity index (χ0n) is 14.2. The third kappa shape index (κ3) is 6.58. The van der Waals surface area contributed by atoms with Gasteiger partial charge in [-0.15, -0.1) is 0 Å². The fourth-order valence-corrected chi connectivity index (χ4v) is 5.20. The first kappa shape index (κ1) is 23.8. The molecular weight excluding hydrogens is 438 g/mol. The van der Waals surface area contributed by atoms with Crippen LogP contribution in [0.2, 0.25) is 0 Å². The monoisotopic (exact) mass is 456 g/mol. The summed E-state index contributed by atoms with van der Waals surface area (Å²) in [5.74, 6) is 0.125. The Hall–Kier alpha value is -1.16. The molecule has 7 heteroatoms. The van der Waals surface area contributed by atoms with Crippen LogP contribution >= 0.6 is 0 Å². The Labute approximate surface area is 173 Å². The summed E-state index contributed by atoms with van der Waals surface area (Å²) in [6, 6.07) is 19.2. The zero-order valence-corrected chi connectivity index (χ0v) is 18.1. The molecule has 0 aliphatic rings. The standard InChI is InChI=1S/2C9H11NO.2ClH.Zr/c2*1-2-9(11)10-8-6-4-3-5-7-8;;;/h2*3-7H,2H2,1H3,(H,10,11);2*1H;/q;;;;+4/p-4. The Bertz CT molecular complexity index is 599. The summed E-state index contributed by atoms with van der Waals surface area (Å²) in [7, 11) is 0. The van der Waals surface area contributed by atoms with Gasteiger partial charge in [0.2, 0.25) is 0 Å². The minimum absolute atomic E-state index is 0. The summed E-state index contributed by atoms with van der Waals surface area (Å²) in [5, 5.41) is 0. The zero-order chi connectivity index (χ0) is 16.7. The van der Waals surface area contributed by atoms with Gasteiger partial charge in [-0.3, -0.25) is 0 Å². The Kier molecular flexibility index (Phi) is 11.7. The van der Waals surface area contributed by atoms with E-state index < -0.39 is 23.8 Å². The molecule has 2 rings (SSSR count). The molecule has 0 saturated heterocycles. The van der Waals surface area contributed by atoms with Crippen molar-refractivity contribution in [2.45, 2.75) is 26.7 Å². The molecule has 0 bridgehead atoms. The number of benzene rings is 2. The van der Waals surface area contributed by atoms with E-state index in [-0.39, 0.29) is 36.6 Å². The van der Waals surface area contributed by atoms with Crippen molar-refractivity contribution in [2.24, 2.45) is 0 Å². The molecule has 0 radical (unpaired) electrons. The summed E-state index contributed by atoms with van der Waals surface area (Å²) >= 11 is -1.65. The smallest absolute Gasteiger partial charge is 1.00 e. The minimum atomic E-state index is -1.65. The maximum atomic E-state index is 12.4. The van der Waals surface area contributed by atoms with Crippen molar-refractivity contribution < 1.29 is 58.2 Å². The van der Waals surface area contributed by atoms with E-state index in [2.05, 4.69) is 0 Å². The maximum absolute atomic E-state index is 12.4. The quantitative estimate of drug-likeness (QED) is 0.493. The van der Waals surface area contributed by atoms with Gasteiger partial charge in [-0.2, -0.15) is 0 Å². The third-order valence-electron chi connectivity index (χ3n) is 3.33. The van der Waals surface area contributed by atoms with Crippen LogP contribution in [0.15, 0.2) is 60.7 Å². The van der Waals surface area contributed by atoms with Gasteiger partial charge in [0.1, 0.15) is 0 Å². The van der Waals surface area contributed by atoms with Crippen LogP contribution < -0.4 is 30.5 Å². The van der Waals surface area contributed by atoms with E-state index in [9.17, 15) is 9.59 Å². The van der Waals surface area contributed by atoms with Crippen LogP contribution in [0.1, 0.15) is 26.7 Å². The molecule has 0 aromatic heterocycles. The molecule has 2 amide bonds. The number of halogens is 2. The number of hydrogen-bond acceptors (Lipinski definition) is 2. The van der Waals surface area contributed by atoms with Gasteiger partial charge >= 0.3 is 150 Å². The summed E-state index contributed by atoms with van der Waals surface area (Å²) in [5.41, 5.74) is 1.74. The fourth-order valence-electron chi connectivity index (χ4n) is 2.09. The fraction of sp³-hybridized carbons (Fsp3) is 0.222. The van der Waals surface area contributed by atoms with Gasteiger partial charge in [-0.05, 0) is 0 Å². The van der Waals surface area contributed by atoms with Gasteiger partial charge in [0.15, 0.2) is 0 Å². The van der Waals surface area contributed by atoms with Crippen LogP contribution in [0.3, 0.4) is 0 Å². The SMILES string of the molecule is CCC(=O)[N]([Zr+2][N](C(=O)CC)c1ccccc1)c1ccccc1.[Cl-].[Cl-]. The summed E-state index contributed by atoms with van der Waals surface area (Å²) in [4.78, 5) is 24.8. The second-order valence-corrected chi connectivity index (χ2v) is 7.63. The minimum Gasteiger partial charge on any atom is -1.00 e. The predicted octanol–water partition coefficient (Wildman–Crippen LogP) is -2.21. The van der Waals surface area contributed by atoms with E-state index in [1.807, 2.05) is 80.2 Å². The maximum Gasteiger partial charge on any atom is -1.00 e. The molecule has 4 nitrogen and oxygen atoms in total. The number of nitrogens with zero attached hydrogens (tertiary/aromatic N) is 2. The van der Waals surface area contributed by atoms with Crippen LogP contribution in [-0.4, -0.2) is 11.8 Å². The van der Waals surface area contributed by atoms with E-state index in [1.54, 1.807) is 0 Å². The van der Waals surface area contributed by atoms with E-state index in [4.69, 9.17) is 0 Å². The molecule has 0 spiro atoms. The average molecular weight is 458 g/mol. The predicted molar refractivity (Wildman–Crippen MR) is 88.4 cm³/mol. The van der Waals surface area contributed by atoms with Gasteiger partial charge < -0.3 is 24.8 Å². The molecule has 0 heterocycles. The second kappa shape index (κ2) is 12.2. The van der Waals surface area contributed by atoms with Crippen LogP contribution in [0, 0.1) is 0 Å². The number of carbonyl (C=O) groups excluding carboxylic acids is 2. The molecule has 2 aromatic carbocycles. The largest absolute Gasteiger partial charge is 1.00 e. The summed E-state index contributed by atoms with van der Waals surface area (Å²) in [6.07, 6.45) is 0.858. The van der Waals surface area contributed by atoms with Crippen molar-refractivity contribution in [3.63, 3.8) is 0 Å². The molecule has 132 valence electrons. The van der Waals surface area contributed by atoms with Crippen LogP contribution in [0.4, 0.5) is 11.4 Å². The summed E-state index contributed by atoms with van der Waals surface area (Å²) < 4.78 is 3.65. The van der Waals surface area contributed by atoms with Gasteiger partial charge in [0, 0.05) is 0 Å². The third-order valence-corrected chi connectivity index (χ3v) is 6.81. The van der Waals surface area contributed by atoms with Crippen molar-refractivity contribution in [3.8, 4) is 0 Å².